The summed E-state index contributed by atoms with van der Waals surface area (Å²) < 4.78 is 0. The predicted molar refractivity (Wildman–Crippen MR) is 99.0 cm³/mol. The summed E-state index contributed by atoms with van der Waals surface area (Å²) in [6.45, 7) is 1.47. The molecule has 2 aromatic rings. The Balaban J connectivity index is 1.96. The van der Waals surface area contributed by atoms with Gasteiger partial charge < -0.3 is 10.2 Å². The molecular weight excluding hydrogens is 365 g/mol. The van der Waals surface area contributed by atoms with Crippen molar-refractivity contribution >= 4 is 46.2 Å². The molecule has 1 aliphatic rings. The molecular formula is C17H15Cl2N3O3. The van der Waals surface area contributed by atoms with Crippen LogP contribution in [0.5, 0.6) is 0 Å². The maximum Gasteiger partial charge on any atom is 0.294 e. The second-order valence-corrected chi connectivity index (χ2v) is 6.52. The maximum atomic E-state index is 12.4. The van der Waals surface area contributed by atoms with Gasteiger partial charge in [0.2, 0.25) is 0 Å². The molecule has 0 saturated carbocycles. The van der Waals surface area contributed by atoms with Crippen molar-refractivity contribution in [2.45, 2.75) is 12.8 Å². The van der Waals surface area contributed by atoms with Gasteiger partial charge in [0.15, 0.2) is 0 Å². The number of carbonyl (C=O) groups excluding carboxylic acids is 1. The third-order valence-corrected chi connectivity index (χ3v) is 4.72. The second kappa shape index (κ2) is 7.29. The highest BCUT2D eigenvalue weighted by molar-refractivity contribution is 6.36. The molecule has 6 nitrogen and oxygen atoms in total. The monoisotopic (exact) mass is 379 g/mol. The first kappa shape index (κ1) is 17.5. The first-order chi connectivity index (χ1) is 12.0. The van der Waals surface area contributed by atoms with Crippen LogP contribution in [-0.4, -0.2) is 23.9 Å². The Morgan fingerprint density at radius 1 is 1.12 bits per heavy atom. The molecule has 0 spiro atoms. The number of nitro groups is 1. The van der Waals surface area contributed by atoms with E-state index in [0.717, 1.165) is 25.9 Å². The van der Waals surface area contributed by atoms with Gasteiger partial charge in [-0.3, -0.25) is 14.9 Å². The average molecular weight is 380 g/mol. The zero-order chi connectivity index (χ0) is 18.0. The molecule has 0 atom stereocenters. The quantitative estimate of drug-likeness (QED) is 0.613. The number of hydrogen-bond donors (Lipinski definition) is 1. The smallest absolute Gasteiger partial charge is 0.294 e. The molecule has 2 aromatic carbocycles. The van der Waals surface area contributed by atoms with Gasteiger partial charge in [-0.25, -0.2) is 0 Å². The molecule has 0 radical (unpaired) electrons. The molecule has 0 bridgehead atoms. The maximum absolute atomic E-state index is 12.4. The Bertz CT molecular complexity index is 836. The Hall–Kier alpha value is -2.31. The van der Waals surface area contributed by atoms with Gasteiger partial charge >= 0.3 is 0 Å². The van der Waals surface area contributed by atoms with Gasteiger partial charge in [-0.1, -0.05) is 35.3 Å². The Kier molecular flexibility index (Phi) is 5.11. The number of nitrogens with zero attached hydrogens (tertiary/aromatic N) is 2. The molecule has 0 aliphatic carbocycles. The van der Waals surface area contributed by atoms with Crippen LogP contribution in [0.1, 0.15) is 23.2 Å². The third-order valence-electron chi connectivity index (χ3n) is 4.07. The van der Waals surface area contributed by atoms with Gasteiger partial charge in [-0.15, -0.1) is 0 Å². The molecule has 0 unspecified atom stereocenters. The number of nitro benzene ring substituents is 1. The van der Waals surface area contributed by atoms with Crippen molar-refractivity contribution in [3.05, 3.63) is 62.1 Å². The second-order valence-electron chi connectivity index (χ2n) is 5.71. The Morgan fingerprint density at radius 3 is 2.44 bits per heavy atom. The molecule has 1 N–H and O–H groups in total. The van der Waals surface area contributed by atoms with Crippen molar-refractivity contribution < 1.29 is 9.72 Å². The lowest BCUT2D eigenvalue weighted by atomic mass is 10.2. The number of benzene rings is 2. The Labute approximate surface area is 154 Å². The van der Waals surface area contributed by atoms with E-state index in [1.54, 1.807) is 30.3 Å². The lowest BCUT2D eigenvalue weighted by molar-refractivity contribution is -0.384. The average Bonchev–Trinajstić information content (AvgIpc) is 3.10. The van der Waals surface area contributed by atoms with E-state index in [2.05, 4.69) is 5.32 Å². The standard InChI is InChI=1S/C17H15Cl2N3O3/c18-12-6-2-1-5-11(12)17(23)20-14-10-15(21-7-3-4-8-21)16(22(24)25)9-13(14)19/h1-2,5-6,9-10H,3-4,7-8H2,(H,20,23). The molecule has 8 heteroatoms. The van der Waals surface area contributed by atoms with Crippen molar-refractivity contribution in [1.82, 2.24) is 0 Å². The number of halogens is 2. The van der Waals surface area contributed by atoms with Crippen molar-refractivity contribution in [1.29, 1.82) is 0 Å². The summed E-state index contributed by atoms with van der Waals surface area (Å²) >= 11 is 12.2. The molecule has 25 heavy (non-hydrogen) atoms. The number of nitrogens with one attached hydrogen (secondary N) is 1. The fourth-order valence-corrected chi connectivity index (χ4v) is 3.27. The van der Waals surface area contributed by atoms with Gasteiger partial charge in [0.25, 0.3) is 11.6 Å². The van der Waals surface area contributed by atoms with Gasteiger partial charge in [-0.2, -0.15) is 0 Å². The summed E-state index contributed by atoms with van der Waals surface area (Å²) in [5, 5.41) is 14.5. The summed E-state index contributed by atoms with van der Waals surface area (Å²) in [4.78, 5) is 25.3. The number of carbonyl (C=O) groups is 1. The molecule has 1 heterocycles. The van der Waals surface area contributed by atoms with Gasteiger partial charge in [0.1, 0.15) is 5.69 Å². The lowest BCUT2D eigenvalue weighted by Crippen LogP contribution is -2.20. The lowest BCUT2D eigenvalue weighted by Gasteiger charge is -2.19. The van der Waals surface area contributed by atoms with Crippen LogP contribution >= 0.6 is 23.2 Å². The fourth-order valence-electron chi connectivity index (χ4n) is 2.84. The van der Waals surface area contributed by atoms with Crippen molar-refractivity contribution in [3.8, 4) is 0 Å². The van der Waals surface area contributed by atoms with Crippen LogP contribution in [0.3, 0.4) is 0 Å². The minimum absolute atomic E-state index is 0.0670. The van der Waals surface area contributed by atoms with E-state index in [0.29, 0.717) is 22.0 Å². The fraction of sp³-hybridized carbons (Fsp3) is 0.235. The van der Waals surface area contributed by atoms with E-state index in [1.807, 2.05) is 4.90 Å². The normalized spacial score (nSPS) is 13.8. The highest BCUT2D eigenvalue weighted by Crippen LogP contribution is 2.38. The highest BCUT2D eigenvalue weighted by Gasteiger charge is 2.25. The van der Waals surface area contributed by atoms with Crippen LogP contribution in [0.15, 0.2) is 36.4 Å². The first-order valence-corrected chi connectivity index (χ1v) is 8.51. The molecule has 0 aromatic heterocycles. The van der Waals surface area contributed by atoms with Crippen LogP contribution in [0.25, 0.3) is 0 Å². The zero-order valence-corrected chi connectivity index (χ0v) is 14.7. The first-order valence-electron chi connectivity index (χ1n) is 7.76. The number of hydrogen-bond acceptors (Lipinski definition) is 4. The predicted octanol–water partition coefficient (Wildman–Crippen LogP) is 4.75. The van der Waals surface area contributed by atoms with Crippen LogP contribution in [0.2, 0.25) is 10.0 Å². The SMILES string of the molecule is O=C(Nc1cc(N2CCCC2)c([N+](=O)[O-])cc1Cl)c1ccccc1Cl. The molecule has 130 valence electrons. The number of anilines is 2. The van der Waals surface area contributed by atoms with Crippen LogP contribution in [0, 0.1) is 10.1 Å². The molecule has 1 aliphatic heterocycles. The Morgan fingerprint density at radius 2 is 1.80 bits per heavy atom. The van der Waals surface area contributed by atoms with E-state index < -0.39 is 10.8 Å². The molecule has 1 fully saturated rings. The summed E-state index contributed by atoms with van der Waals surface area (Å²) in [6.07, 6.45) is 1.95. The number of rotatable bonds is 4. The van der Waals surface area contributed by atoms with Crippen molar-refractivity contribution in [3.63, 3.8) is 0 Å². The number of amides is 1. The minimum atomic E-state index is -0.459. The zero-order valence-electron chi connectivity index (χ0n) is 13.2. The topological polar surface area (TPSA) is 75.5 Å². The van der Waals surface area contributed by atoms with Gasteiger partial charge in [0.05, 0.1) is 26.2 Å². The highest BCUT2D eigenvalue weighted by atomic mass is 35.5. The van der Waals surface area contributed by atoms with E-state index in [4.69, 9.17) is 23.2 Å². The molecule has 3 rings (SSSR count). The van der Waals surface area contributed by atoms with Gasteiger partial charge in [0, 0.05) is 19.2 Å². The van der Waals surface area contributed by atoms with Crippen molar-refractivity contribution in [2.24, 2.45) is 0 Å². The molecule has 1 amide bonds. The molecule has 1 saturated heterocycles. The largest absolute Gasteiger partial charge is 0.366 e. The van der Waals surface area contributed by atoms with Crippen LogP contribution in [-0.2, 0) is 0 Å². The third kappa shape index (κ3) is 3.70. The minimum Gasteiger partial charge on any atom is -0.366 e. The van der Waals surface area contributed by atoms with E-state index in [1.165, 1.54) is 6.07 Å². The van der Waals surface area contributed by atoms with Crippen molar-refractivity contribution in [2.75, 3.05) is 23.3 Å². The van der Waals surface area contributed by atoms with Crippen LogP contribution < -0.4 is 10.2 Å². The van der Waals surface area contributed by atoms with E-state index in [-0.39, 0.29) is 10.7 Å². The van der Waals surface area contributed by atoms with Gasteiger partial charge in [-0.05, 0) is 31.0 Å². The van der Waals surface area contributed by atoms with E-state index in [9.17, 15) is 14.9 Å². The summed E-state index contributed by atoms with van der Waals surface area (Å²) in [6, 6.07) is 9.47. The summed E-state index contributed by atoms with van der Waals surface area (Å²) in [5.74, 6) is -0.422. The summed E-state index contributed by atoms with van der Waals surface area (Å²) in [5.41, 5.74) is 1.02. The van der Waals surface area contributed by atoms with Crippen LogP contribution in [0.4, 0.5) is 17.1 Å². The van der Waals surface area contributed by atoms with E-state index >= 15 is 0 Å². The summed E-state index contributed by atoms with van der Waals surface area (Å²) in [7, 11) is 0.